The van der Waals surface area contributed by atoms with E-state index in [1.54, 1.807) is 19.1 Å². The van der Waals surface area contributed by atoms with Crippen LogP contribution in [-0.4, -0.2) is 8.42 Å². The van der Waals surface area contributed by atoms with E-state index in [9.17, 15) is 12.8 Å². The molecular formula is C18H21ClFNO2S. The first kappa shape index (κ1) is 18.7. The predicted octanol–water partition coefficient (Wildman–Crippen LogP) is 5.28. The van der Waals surface area contributed by atoms with Crippen LogP contribution in [0.5, 0.6) is 0 Å². The SMILES string of the molecule is CCC(C)(C)c1ccc(S(=O)(=O)Nc2cc(C)c(F)cc2Cl)cc1. The lowest BCUT2D eigenvalue weighted by molar-refractivity contribution is 0.506. The summed E-state index contributed by atoms with van der Waals surface area (Å²) in [7, 11) is -3.79. The number of nitrogens with one attached hydrogen (secondary N) is 1. The monoisotopic (exact) mass is 369 g/mol. The van der Waals surface area contributed by atoms with Gasteiger partial charge in [-0.05, 0) is 54.2 Å². The summed E-state index contributed by atoms with van der Waals surface area (Å²) >= 11 is 5.93. The Labute approximate surface area is 147 Å². The van der Waals surface area contributed by atoms with Gasteiger partial charge in [-0.15, -0.1) is 0 Å². The summed E-state index contributed by atoms with van der Waals surface area (Å²) in [5.41, 5.74) is 1.53. The average molecular weight is 370 g/mol. The normalized spacial score (nSPS) is 12.2. The topological polar surface area (TPSA) is 46.2 Å². The molecule has 2 rings (SSSR count). The molecule has 0 bridgehead atoms. The number of halogens is 2. The Morgan fingerprint density at radius 3 is 2.29 bits per heavy atom. The first-order chi connectivity index (χ1) is 11.1. The van der Waals surface area contributed by atoms with Gasteiger partial charge in [0.15, 0.2) is 0 Å². The van der Waals surface area contributed by atoms with Crippen molar-refractivity contribution >= 4 is 27.3 Å². The Balaban J connectivity index is 2.33. The summed E-state index contributed by atoms with van der Waals surface area (Å²) in [5.74, 6) is -0.478. The minimum absolute atomic E-state index is 0.0189. The van der Waals surface area contributed by atoms with Gasteiger partial charge in [-0.25, -0.2) is 12.8 Å². The molecule has 0 aliphatic rings. The van der Waals surface area contributed by atoms with Gasteiger partial charge in [0.25, 0.3) is 10.0 Å². The highest BCUT2D eigenvalue weighted by atomic mass is 35.5. The van der Waals surface area contributed by atoms with E-state index in [0.29, 0.717) is 5.56 Å². The third-order valence-corrected chi connectivity index (χ3v) is 6.02. The molecule has 0 spiro atoms. The van der Waals surface area contributed by atoms with E-state index in [0.717, 1.165) is 18.1 Å². The largest absolute Gasteiger partial charge is 0.278 e. The van der Waals surface area contributed by atoms with Crippen LogP contribution in [0.15, 0.2) is 41.3 Å². The van der Waals surface area contributed by atoms with Crippen LogP contribution in [0.3, 0.4) is 0 Å². The first-order valence-corrected chi connectivity index (χ1v) is 9.52. The number of aryl methyl sites for hydroxylation is 1. The van der Waals surface area contributed by atoms with Crippen LogP contribution in [0.2, 0.25) is 5.02 Å². The molecule has 0 aliphatic heterocycles. The van der Waals surface area contributed by atoms with Crippen molar-refractivity contribution in [3.63, 3.8) is 0 Å². The molecule has 0 unspecified atom stereocenters. The maximum absolute atomic E-state index is 13.4. The van der Waals surface area contributed by atoms with E-state index in [4.69, 9.17) is 11.6 Å². The Morgan fingerprint density at radius 1 is 1.17 bits per heavy atom. The van der Waals surface area contributed by atoms with Gasteiger partial charge in [0.1, 0.15) is 5.82 Å². The van der Waals surface area contributed by atoms with Crippen LogP contribution in [0.1, 0.15) is 38.3 Å². The van der Waals surface area contributed by atoms with Crippen molar-refractivity contribution < 1.29 is 12.8 Å². The molecule has 2 aromatic carbocycles. The second-order valence-corrected chi connectivity index (χ2v) is 8.54. The Kier molecular flexibility index (Phi) is 5.25. The van der Waals surface area contributed by atoms with Crippen molar-refractivity contribution in [2.24, 2.45) is 0 Å². The highest BCUT2D eigenvalue weighted by Crippen LogP contribution is 2.30. The van der Waals surface area contributed by atoms with E-state index in [2.05, 4.69) is 25.5 Å². The van der Waals surface area contributed by atoms with Crippen molar-refractivity contribution in [2.45, 2.75) is 44.4 Å². The molecule has 24 heavy (non-hydrogen) atoms. The fourth-order valence-corrected chi connectivity index (χ4v) is 3.55. The summed E-state index contributed by atoms with van der Waals surface area (Å²) in [6.07, 6.45) is 0.946. The molecule has 1 N–H and O–H groups in total. The number of anilines is 1. The third kappa shape index (κ3) is 3.90. The Hall–Kier alpha value is -1.59. The van der Waals surface area contributed by atoms with E-state index in [1.165, 1.54) is 6.07 Å². The summed E-state index contributed by atoms with van der Waals surface area (Å²) in [6.45, 7) is 7.85. The average Bonchev–Trinajstić information content (AvgIpc) is 2.52. The van der Waals surface area contributed by atoms with Gasteiger partial charge in [-0.2, -0.15) is 0 Å². The lowest BCUT2D eigenvalue weighted by Crippen LogP contribution is -2.17. The smallest absolute Gasteiger partial charge is 0.261 e. The Bertz CT molecular complexity index is 846. The second kappa shape index (κ2) is 6.73. The van der Waals surface area contributed by atoms with Gasteiger partial charge < -0.3 is 0 Å². The van der Waals surface area contributed by atoms with Gasteiger partial charge in [0.2, 0.25) is 0 Å². The maximum atomic E-state index is 13.4. The summed E-state index contributed by atoms with van der Waals surface area (Å²) in [4.78, 5) is 0.135. The van der Waals surface area contributed by atoms with Crippen LogP contribution in [0.4, 0.5) is 10.1 Å². The molecule has 0 saturated heterocycles. The standard InChI is InChI=1S/C18H21ClFNO2S/c1-5-18(3,4)13-6-8-14(9-7-13)24(22,23)21-17-10-12(2)16(20)11-15(17)19/h6-11,21H,5H2,1-4H3. The number of sulfonamides is 1. The van der Waals surface area contributed by atoms with Crippen LogP contribution in [-0.2, 0) is 15.4 Å². The molecule has 0 amide bonds. The van der Waals surface area contributed by atoms with E-state index in [1.807, 2.05) is 12.1 Å². The minimum Gasteiger partial charge on any atom is -0.278 e. The number of hydrogen-bond donors (Lipinski definition) is 1. The predicted molar refractivity (Wildman–Crippen MR) is 96.7 cm³/mol. The molecule has 3 nitrogen and oxygen atoms in total. The number of benzene rings is 2. The molecule has 0 heterocycles. The summed E-state index contributed by atoms with van der Waals surface area (Å²) < 4.78 is 40.9. The minimum atomic E-state index is -3.79. The molecule has 0 saturated carbocycles. The molecule has 0 aromatic heterocycles. The van der Waals surface area contributed by atoms with Crippen LogP contribution < -0.4 is 4.72 Å². The lowest BCUT2D eigenvalue weighted by Gasteiger charge is -2.23. The van der Waals surface area contributed by atoms with Crippen LogP contribution in [0, 0.1) is 12.7 Å². The van der Waals surface area contributed by atoms with Crippen molar-refractivity contribution in [1.29, 1.82) is 0 Å². The van der Waals surface area contributed by atoms with Crippen molar-refractivity contribution in [2.75, 3.05) is 4.72 Å². The zero-order chi connectivity index (χ0) is 18.1. The van der Waals surface area contributed by atoms with Gasteiger partial charge in [0.05, 0.1) is 15.6 Å². The van der Waals surface area contributed by atoms with E-state index in [-0.39, 0.29) is 21.0 Å². The number of rotatable bonds is 5. The van der Waals surface area contributed by atoms with E-state index >= 15 is 0 Å². The molecule has 0 atom stereocenters. The quantitative estimate of drug-likeness (QED) is 0.779. The van der Waals surface area contributed by atoms with Crippen LogP contribution >= 0.6 is 11.6 Å². The second-order valence-electron chi connectivity index (χ2n) is 6.45. The van der Waals surface area contributed by atoms with Crippen molar-refractivity contribution in [3.05, 3.63) is 58.4 Å². The van der Waals surface area contributed by atoms with Gasteiger partial charge in [0, 0.05) is 0 Å². The number of hydrogen-bond acceptors (Lipinski definition) is 2. The van der Waals surface area contributed by atoms with Gasteiger partial charge in [-0.1, -0.05) is 44.5 Å². The molecule has 0 aliphatic carbocycles. The molecule has 2 aromatic rings. The van der Waals surface area contributed by atoms with Gasteiger partial charge >= 0.3 is 0 Å². The Morgan fingerprint density at radius 2 is 1.75 bits per heavy atom. The van der Waals surface area contributed by atoms with Crippen molar-refractivity contribution in [1.82, 2.24) is 0 Å². The van der Waals surface area contributed by atoms with E-state index < -0.39 is 15.8 Å². The van der Waals surface area contributed by atoms with Gasteiger partial charge in [-0.3, -0.25) is 4.72 Å². The molecule has 130 valence electrons. The first-order valence-electron chi connectivity index (χ1n) is 7.66. The zero-order valence-electron chi connectivity index (χ0n) is 14.2. The van der Waals surface area contributed by atoms with Crippen LogP contribution in [0.25, 0.3) is 0 Å². The summed E-state index contributed by atoms with van der Waals surface area (Å²) in [5, 5.41) is 0.0189. The fraction of sp³-hybridized carbons (Fsp3) is 0.333. The summed E-state index contributed by atoms with van der Waals surface area (Å²) in [6, 6.07) is 9.25. The zero-order valence-corrected chi connectivity index (χ0v) is 15.7. The molecule has 0 fully saturated rings. The highest BCUT2D eigenvalue weighted by molar-refractivity contribution is 7.92. The maximum Gasteiger partial charge on any atom is 0.261 e. The molecular weight excluding hydrogens is 349 g/mol. The van der Waals surface area contributed by atoms with Crippen molar-refractivity contribution in [3.8, 4) is 0 Å². The molecule has 0 radical (unpaired) electrons. The lowest BCUT2D eigenvalue weighted by atomic mass is 9.82. The third-order valence-electron chi connectivity index (χ3n) is 4.32. The molecule has 6 heteroatoms. The fourth-order valence-electron chi connectivity index (χ4n) is 2.23. The highest BCUT2D eigenvalue weighted by Gasteiger charge is 2.21.